The Balaban J connectivity index is 2.42. The Labute approximate surface area is 67.6 Å². The van der Waals surface area contributed by atoms with Crippen molar-refractivity contribution in [3.63, 3.8) is 0 Å². The Morgan fingerprint density at radius 2 is 2.00 bits per heavy atom. The summed E-state index contributed by atoms with van der Waals surface area (Å²) in [6, 6.07) is 0. The van der Waals surface area contributed by atoms with Crippen LogP contribution in [0.1, 0.15) is 13.3 Å². The molecule has 1 saturated heterocycles. The van der Waals surface area contributed by atoms with Crippen LogP contribution < -0.4 is 0 Å². The fraction of sp³-hybridized carbons (Fsp3) is 1.00. The van der Waals surface area contributed by atoms with Crippen LogP contribution in [0.25, 0.3) is 0 Å². The predicted molar refractivity (Wildman–Crippen MR) is 41.4 cm³/mol. The third kappa shape index (κ3) is 2.15. The molecule has 3 nitrogen and oxygen atoms in total. The van der Waals surface area contributed by atoms with Gasteiger partial charge in [-0.15, -0.1) is 0 Å². The molecule has 0 aliphatic carbocycles. The number of ether oxygens (including phenoxy) is 3. The Hall–Kier alpha value is -0.120. The first kappa shape index (κ1) is 8.97. The van der Waals surface area contributed by atoms with Crippen LogP contribution in [0.15, 0.2) is 0 Å². The van der Waals surface area contributed by atoms with Crippen LogP contribution in [-0.4, -0.2) is 33.7 Å². The van der Waals surface area contributed by atoms with Gasteiger partial charge in [-0.25, -0.2) is 0 Å². The first-order valence-electron chi connectivity index (χ1n) is 3.97. The van der Waals surface area contributed by atoms with Crippen molar-refractivity contribution in [3.05, 3.63) is 0 Å². The smallest absolute Gasteiger partial charge is 0.146 e. The van der Waals surface area contributed by atoms with E-state index < -0.39 is 0 Å². The topological polar surface area (TPSA) is 27.7 Å². The van der Waals surface area contributed by atoms with Gasteiger partial charge < -0.3 is 14.2 Å². The molecule has 1 aliphatic heterocycles. The molecule has 1 aliphatic rings. The molecular weight excluding hydrogens is 144 g/mol. The second kappa shape index (κ2) is 4.04. The summed E-state index contributed by atoms with van der Waals surface area (Å²) in [5.74, 6) is 0. The molecule has 0 spiro atoms. The molecule has 0 unspecified atom stereocenters. The molecule has 1 fully saturated rings. The van der Waals surface area contributed by atoms with Gasteiger partial charge in [0, 0.05) is 12.5 Å². The zero-order valence-electron chi connectivity index (χ0n) is 7.26. The average Bonchev–Trinajstić information content (AvgIpc) is 2.07. The number of hydrogen-bond donors (Lipinski definition) is 0. The third-order valence-electron chi connectivity index (χ3n) is 2.18. The lowest BCUT2D eigenvalue weighted by atomic mass is 9.87. The van der Waals surface area contributed by atoms with Crippen molar-refractivity contribution in [2.24, 2.45) is 5.41 Å². The first-order chi connectivity index (χ1) is 5.33. The highest BCUT2D eigenvalue weighted by Gasteiger charge is 2.31. The summed E-state index contributed by atoms with van der Waals surface area (Å²) in [4.78, 5) is 0. The summed E-state index contributed by atoms with van der Waals surface area (Å²) in [7, 11) is 1.71. The summed E-state index contributed by atoms with van der Waals surface area (Å²) < 4.78 is 15.6. The van der Waals surface area contributed by atoms with Crippen LogP contribution >= 0.6 is 0 Å². The van der Waals surface area contributed by atoms with Gasteiger partial charge in [0.05, 0.1) is 19.8 Å². The fourth-order valence-electron chi connectivity index (χ4n) is 1.31. The Morgan fingerprint density at radius 3 is 2.45 bits per heavy atom. The van der Waals surface area contributed by atoms with Crippen LogP contribution in [0, 0.1) is 5.41 Å². The lowest BCUT2D eigenvalue weighted by Crippen LogP contribution is -2.40. The highest BCUT2D eigenvalue weighted by atomic mass is 16.7. The predicted octanol–water partition coefficient (Wildman–Crippen LogP) is 1.03. The highest BCUT2D eigenvalue weighted by molar-refractivity contribution is 4.78. The summed E-state index contributed by atoms with van der Waals surface area (Å²) in [5.41, 5.74) is 0.104. The number of rotatable bonds is 3. The molecule has 66 valence electrons. The molecule has 1 heterocycles. The molecule has 0 aromatic carbocycles. The van der Waals surface area contributed by atoms with Crippen molar-refractivity contribution >= 4 is 0 Å². The van der Waals surface area contributed by atoms with Crippen LogP contribution in [0.4, 0.5) is 0 Å². The van der Waals surface area contributed by atoms with Crippen LogP contribution in [0.5, 0.6) is 0 Å². The molecule has 0 radical (unpaired) electrons. The fourth-order valence-corrected chi connectivity index (χ4v) is 1.31. The summed E-state index contributed by atoms with van der Waals surface area (Å²) >= 11 is 0. The van der Waals surface area contributed by atoms with Gasteiger partial charge in [-0.2, -0.15) is 0 Å². The lowest BCUT2D eigenvalue weighted by Gasteiger charge is -2.34. The van der Waals surface area contributed by atoms with E-state index in [2.05, 4.69) is 6.92 Å². The normalized spacial score (nSPS) is 23.5. The molecule has 0 amide bonds. The van der Waals surface area contributed by atoms with Crippen molar-refractivity contribution < 1.29 is 14.2 Å². The average molecular weight is 160 g/mol. The maximum Gasteiger partial charge on any atom is 0.146 e. The van der Waals surface area contributed by atoms with Gasteiger partial charge in [0.2, 0.25) is 0 Å². The van der Waals surface area contributed by atoms with Gasteiger partial charge in [-0.3, -0.25) is 0 Å². The third-order valence-corrected chi connectivity index (χ3v) is 2.18. The standard InChI is InChI=1S/C8H16O3/c1-3-8(4-9-2)5-10-7-11-6-8/h3-7H2,1-2H3. The van der Waals surface area contributed by atoms with E-state index in [9.17, 15) is 0 Å². The van der Waals surface area contributed by atoms with Crippen LogP contribution in [0.2, 0.25) is 0 Å². The second-order valence-electron chi connectivity index (χ2n) is 3.10. The Morgan fingerprint density at radius 1 is 1.36 bits per heavy atom. The lowest BCUT2D eigenvalue weighted by molar-refractivity contribution is -0.179. The van der Waals surface area contributed by atoms with E-state index >= 15 is 0 Å². The van der Waals surface area contributed by atoms with E-state index in [1.165, 1.54) is 0 Å². The maximum absolute atomic E-state index is 5.23. The van der Waals surface area contributed by atoms with Crippen LogP contribution in [-0.2, 0) is 14.2 Å². The van der Waals surface area contributed by atoms with E-state index in [-0.39, 0.29) is 5.41 Å². The van der Waals surface area contributed by atoms with E-state index in [4.69, 9.17) is 14.2 Å². The monoisotopic (exact) mass is 160 g/mol. The minimum Gasteiger partial charge on any atom is -0.384 e. The van der Waals surface area contributed by atoms with Gasteiger partial charge >= 0.3 is 0 Å². The van der Waals surface area contributed by atoms with Crippen molar-refractivity contribution in [2.45, 2.75) is 13.3 Å². The van der Waals surface area contributed by atoms with Crippen LogP contribution in [0.3, 0.4) is 0 Å². The van der Waals surface area contributed by atoms with Gasteiger partial charge in [0.15, 0.2) is 0 Å². The van der Waals surface area contributed by atoms with Gasteiger partial charge in [0.25, 0.3) is 0 Å². The molecule has 0 aromatic rings. The number of methoxy groups -OCH3 is 1. The second-order valence-corrected chi connectivity index (χ2v) is 3.10. The maximum atomic E-state index is 5.23. The van der Waals surface area contributed by atoms with Crippen molar-refractivity contribution in [1.29, 1.82) is 0 Å². The zero-order valence-corrected chi connectivity index (χ0v) is 7.26. The molecule has 11 heavy (non-hydrogen) atoms. The molecule has 1 rings (SSSR count). The number of hydrogen-bond acceptors (Lipinski definition) is 3. The SMILES string of the molecule is CCC1(COC)COCOC1. The van der Waals surface area contributed by atoms with Crippen molar-refractivity contribution in [2.75, 3.05) is 33.7 Å². The van der Waals surface area contributed by atoms with E-state index in [1.807, 2.05) is 0 Å². The zero-order chi connectivity index (χ0) is 8.16. The molecule has 0 N–H and O–H groups in total. The van der Waals surface area contributed by atoms with Crippen molar-refractivity contribution in [3.8, 4) is 0 Å². The first-order valence-corrected chi connectivity index (χ1v) is 3.97. The van der Waals surface area contributed by atoms with Gasteiger partial charge in [-0.05, 0) is 6.42 Å². The van der Waals surface area contributed by atoms with E-state index in [0.717, 1.165) is 26.2 Å². The summed E-state index contributed by atoms with van der Waals surface area (Å²) in [6.45, 7) is 4.82. The minimum atomic E-state index is 0.104. The summed E-state index contributed by atoms with van der Waals surface area (Å²) in [6.07, 6.45) is 1.04. The van der Waals surface area contributed by atoms with Gasteiger partial charge in [0.1, 0.15) is 6.79 Å². The molecule has 0 atom stereocenters. The molecule has 0 aromatic heterocycles. The molecule has 3 heteroatoms. The van der Waals surface area contributed by atoms with Gasteiger partial charge in [-0.1, -0.05) is 6.92 Å². The highest BCUT2D eigenvalue weighted by Crippen LogP contribution is 2.26. The quantitative estimate of drug-likeness (QED) is 0.617. The Bertz CT molecular complexity index is 102. The summed E-state index contributed by atoms with van der Waals surface area (Å²) in [5, 5.41) is 0. The minimum absolute atomic E-state index is 0.104. The molecule has 0 bridgehead atoms. The van der Waals surface area contributed by atoms with Crippen molar-refractivity contribution in [1.82, 2.24) is 0 Å². The molecule has 0 saturated carbocycles. The Kier molecular flexibility index (Phi) is 3.30. The molecular formula is C8H16O3. The largest absolute Gasteiger partial charge is 0.384 e. The van der Waals surface area contributed by atoms with E-state index in [0.29, 0.717) is 6.79 Å². The van der Waals surface area contributed by atoms with E-state index in [1.54, 1.807) is 7.11 Å².